The van der Waals surface area contributed by atoms with Gasteiger partial charge < -0.3 is 14.6 Å². The van der Waals surface area contributed by atoms with Gasteiger partial charge in [-0.2, -0.15) is 0 Å². The Morgan fingerprint density at radius 1 is 1.38 bits per heavy atom. The topological polar surface area (TPSA) is 63.6 Å². The van der Waals surface area contributed by atoms with Crippen molar-refractivity contribution in [2.24, 2.45) is 0 Å². The van der Waals surface area contributed by atoms with Crippen LogP contribution in [0.5, 0.6) is 0 Å². The summed E-state index contributed by atoms with van der Waals surface area (Å²) in [6.07, 6.45) is -0.516. The molecule has 1 aromatic carbocycles. The number of carbonyl (C=O) groups is 2. The molecule has 1 N–H and O–H groups in total. The molecular weight excluding hydrogens is 208 g/mol. The minimum absolute atomic E-state index is 0.0484. The second kappa shape index (κ2) is 6.74. The van der Waals surface area contributed by atoms with E-state index < -0.39 is 12.1 Å². The summed E-state index contributed by atoms with van der Waals surface area (Å²) in [5.41, 5.74) is 0.909. The van der Waals surface area contributed by atoms with Gasteiger partial charge in [-0.1, -0.05) is 30.3 Å². The van der Waals surface area contributed by atoms with Crippen LogP contribution in [0, 0.1) is 0 Å². The molecule has 0 aliphatic heterocycles. The average molecular weight is 222 g/mol. The molecule has 16 heavy (non-hydrogen) atoms. The highest BCUT2D eigenvalue weighted by Crippen LogP contribution is 2.03. The van der Waals surface area contributed by atoms with Gasteiger partial charge in [0.25, 0.3) is 0 Å². The molecule has 0 radical (unpaired) electrons. The maximum absolute atomic E-state index is 11.2. The fourth-order valence-electron chi connectivity index (χ4n) is 1.14. The molecule has 1 aromatic rings. The highest BCUT2D eigenvalue weighted by atomic mass is 16.5. The molecule has 1 atom stereocenters. The first-order valence-corrected chi connectivity index (χ1v) is 5.05. The van der Waals surface area contributed by atoms with Gasteiger partial charge in [-0.3, -0.25) is 4.79 Å². The molecule has 0 heterocycles. The Bertz CT molecular complexity index is 334. The van der Waals surface area contributed by atoms with Crippen LogP contribution in [0.25, 0.3) is 0 Å². The highest BCUT2D eigenvalue weighted by Gasteiger charge is 2.07. The lowest BCUT2D eigenvalue weighted by atomic mass is 10.2. The number of carbonyl (C=O) groups excluding carboxylic acids is 2. The minimum atomic E-state index is -1.08. The number of benzene rings is 1. The predicted molar refractivity (Wildman–Crippen MR) is 57.5 cm³/mol. The molecule has 0 amide bonds. The zero-order valence-electron chi connectivity index (χ0n) is 8.83. The SMILES string of the molecule is O=CC(O)CCC(=O)OCc1ccccc1. The molecular formula is C12H14O4. The lowest BCUT2D eigenvalue weighted by Gasteiger charge is -2.05. The summed E-state index contributed by atoms with van der Waals surface area (Å²) >= 11 is 0. The van der Waals surface area contributed by atoms with E-state index in [-0.39, 0.29) is 19.4 Å². The van der Waals surface area contributed by atoms with E-state index in [2.05, 4.69) is 0 Å². The van der Waals surface area contributed by atoms with Crippen molar-refractivity contribution in [2.45, 2.75) is 25.6 Å². The Labute approximate surface area is 93.9 Å². The average Bonchev–Trinajstić information content (AvgIpc) is 2.34. The maximum Gasteiger partial charge on any atom is 0.306 e. The second-order valence-electron chi connectivity index (χ2n) is 3.39. The van der Waals surface area contributed by atoms with Crippen LogP contribution in [0.4, 0.5) is 0 Å². The van der Waals surface area contributed by atoms with Crippen molar-refractivity contribution in [3.63, 3.8) is 0 Å². The minimum Gasteiger partial charge on any atom is -0.461 e. The van der Waals surface area contributed by atoms with Crippen LogP contribution in [0.15, 0.2) is 30.3 Å². The van der Waals surface area contributed by atoms with E-state index in [1.165, 1.54) is 0 Å². The van der Waals surface area contributed by atoms with Crippen LogP contribution in [0.1, 0.15) is 18.4 Å². The fourth-order valence-corrected chi connectivity index (χ4v) is 1.14. The molecule has 4 heteroatoms. The quantitative estimate of drug-likeness (QED) is 0.577. The van der Waals surface area contributed by atoms with Crippen molar-refractivity contribution in [1.29, 1.82) is 0 Å². The van der Waals surface area contributed by atoms with Crippen LogP contribution >= 0.6 is 0 Å². The first-order valence-electron chi connectivity index (χ1n) is 5.05. The molecule has 0 saturated heterocycles. The van der Waals surface area contributed by atoms with Gasteiger partial charge in [0.15, 0.2) is 0 Å². The summed E-state index contributed by atoms with van der Waals surface area (Å²) in [7, 11) is 0. The first kappa shape index (κ1) is 12.4. The molecule has 0 fully saturated rings. The van der Waals surface area contributed by atoms with E-state index in [0.717, 1.165) is 5.56 Å². The van der Waals surface area contributed by atoms with Gasteiger partial charge in [-0.05, 0) is 12.0 Å². The Morgan fingerprint density at radius 2 is 2.06 bits per heavy atom. The predicted octanol–water partition coefficient (Wildman–Crippen LogP) is 1.07. The molecule has 0 bridgehead atoms. The number of hydrogen-bond acceptors (Lipinski definition) is 4. The Kier molecular flexibility index (Phi) is 5.22. The number of aldehydes is 1. The fraction of sp³-hybridized carbons (Fsp3) is 0.333. The van der Waals surface area contributed by atoms with Crippen molar-refractivity contribution in [3.8, 4) is 0 Å². The lowest BCUT2D eigenvalue weighted by molar-refractivity contribution is -0.145. The molecule has 86 valence electrons. The maximum atomic E-state index is 11.2. The summed E-state index contributed by atoms with van der Waals surface area (Å²) in [5, 5.41) is 8.92. The van der Waals surface area contributed by atoms with Crippen LogP contribution in [0.2, 0.25) is 0 Å². The summed E-state index contributed by atoms with van der Waals surface area (Å²) in [4.78, 5) is 21.3. The van der Waals surface area contributed by atoms with Gasteiger partial charge in [0.05, 0.1) is 0 Å². The number of ether oxygens (including phenoxy) is 1. The van der Waals surface area contributed by atoms with E-state index >= 15 is 0 Å². The van der Waals surface area contributed by atoms with Gasteiger partial charge in [-0.25, -0.2) is 0 Å². The smallest absolute Gasteiger partial charge is 0.306 e. The van der Waals surface area contributed by atoms with E-state index in [1.807, 2.05) is 30.3 Å². The Balaban J connectivity index is 2.23. The van der Waals surface area contributed by atoms with E-state index in [1.54, 1.807) is 0 Å². The van der Waals surface area contributed by atoms with E-state index in [4.69, 9.17) is 9.84 Å². The van der Waals surface area contributed by atoms with Crippen molar-refractivity contribution in [3.05, 3.63) is 35.9 Å². The van der Waals surface area contributed by atoms with Crippen molar-refractivity contribution < 1.29 is 19.4 Å². The monoisotopic (exact) mass is 222 g/mol. The normalized spacial score (nSPS) is 11.8. The Morgan fingerprint density at radius 3 is 2.69 bits per heavy atom. The summed E-state index contributed by atoms with van der Waals surface area (Å²) in [5.74, 6) is -0.412. The molecule has 0 aliphatic carbocycles. The third-order valence-electron chi connectivity index (χ3n) is 2.04. The third kappa shape index (κ3) is 4.70. The number of rotatable bonds is 6. The highest BCUT2D eigenvalue weighted by molar-refractivity contribution is 5.70. The molecule has 0 aliphatic rings. The Hall–Kier alpha value is -1.68. The zero-order valence-corrected chi connectivity index (χ0v) is 8.83. The molecule has 0 spiro atoms. The zero-order chi connectivity index (χ0) is 11.8. The van der Waals surface area contributed by atoms with E-state index in [0.29, 0.717) is 6.29 Å². The summed E-state index contributed by atoms with van der Waals surface area (Å²) in [6, 6.07) is 9.31. The third-order valence-corrected chi connectivity index (χ3v) is 2.04. The number of esters is 1. The van der Waals surface area contributed by atoms with Crippen LogP contribution in [0.3, 0.4) is 0 Å². The van der Waals surface area contributed by atoms with Gasteiger partial charge in [0.2, 0.25) is 0 Å². The molecule has 4 nitrogen and oxygen atoms in total. The number of aliphatic hydroxyl groups is 1. The molecule has 0 saturated carbocycles. The van der Waals surface area contributed by atoms with Crippen molar-refractivity contribution in [1.82, 2.24) is 0 Å². The molecule has 0 aromatic heterocycles. The van der Waals surface area contributed by atoms with Gasteiger partial charge in [-0.15, -0.1) is 0 Å². The molecule has 1 rings (SSSR count). The van der Waals surface area contributed by atoms with Gasteiger partial charge >= 0.3 is 5.97 Å². The van der Waals surface area contributed by atoms with Crippen LogP contribution in [-0.2, 0) is 20.9 Å². The largest absolute Gasteiger partial charge is 0.461 e. The standard InChI is InChI=1S/C12H14O4/c13-8-11(14)6-7-12(15)16-9-10-4-2-1-3-5-10/h1-5,8,11,14H,6-7,9H2. The van der Waals surface area contributed by atoms with Crippen LogP contribution in [-0.4, -0.2) is 23.5 Å². The second-order valence-corrected chi connectivity index (χ2v) is 3.39. The lowest BCUT2D eigenvalue weighted by Crippen LogP contribution is -2.12. The number of hydrogen-bond donors (Lipinski definition) is 1. The molecule has 1 unspecified atom stereocenters. The first-order chi connectivity index (χ1) is 7.72. The van der Waals surface area contributed by atoms with Gasteiger partial charge in [0.1, 0.15) is 19.0 Å². The summed E-state index contributed by atoms with van der Waals surface area (Å²) in [6.45, 7) is 0.219. The number of aliphatic hydroxyl groups excluding tert-OH is 1. The summed E-state index contributed by atoms with van der Waals surface area (Å²) < 4.78 is 4.96. The van der Waals surface area contributed by atoms with Gasteiger partial charge in [0, 0.05) is 6.42 Å². The van der Waals surface area contributed by atoms with E-state index in [9.17, 15) is 9.59 Å². The van der Waals surface area contributed by atoms with Crippen molar-refractivity contribution in [2.75, 3.05) is 0 Å². The van der Waals surface area contributed by atoms with Crippen molar-refractivity contribution >= 4 is 12.3 Å². The van der Waals surface area contributed by atoms with Crippen LogP contribution < -0.4 is 0 Å².